The Balaban J connectivity index is 2.24. The average molecular weight is 302 g/mol. The third kappa shape index (κ3) is 2.28. The molecular formula is C15H12ClN3S. The van der Waals surface area contributed by atoms with E-state index >= 15 is 0 Å². The number of nitrogens with one attached hydrogen (secondary N) is 1. The van der Waals surface area contributed by atoms with Gasteiger partial charge in [-0.25, -0.2) is 0 Å². The van der Waals surface area contributed by atoms with Gasteiger partial charge >= 0.3 is 0 Å². The number of rotatable bonds is 2. The minimum Gasteiger partial charge on any atom is -0.268 e. The molecule has 2 aromatic carbocycles. The van der Waals surface area contributed by atoms with Crippen molar-refractivity contribution in [3.05, 3.63) is 63.9 Å². The maximum atomic E-state index is 6.33. The largest absolute Gasteiger partial charge is 0.268 e. The Morgan fingerprint density at radius 3 is 2.60 bits per heavy atom. The molecule has 0 spiro atoms. The van der Waals surface area contributed by atoms with Crippen LogP contribution in [0.15, 0.2) is 48.5 Å². The van der Waals surface area contributed by atoms with E-state index in [1.807, 2.05) is 60.0 Å². The lowest BCUT2D eigenvalue weighted by molar-refractivity contribution is 1.04. The van der Waals surface area contributed by atoms with E-state index in [-0.39, 0.29) is 0 Å². The molecule has 20 heavy (non-hydrogen) atoms. The number of hydrogen-bond acceptors (Lipinski definition) is 2. The Kier molecular flexibility index (Phi) is 3.42. The fourth-order valence-corrected chi connectivity index (χ4v) is 2.65. The van der Waals surface area contributed by atoms with Gasteiger partial charge in [-0.3, -0.25) is 9.67 Å². The molecule has 0 aliphatic heterocycles. The van der Waals surface area contributed by atoms with Gasteiger partial charge in [-0.15, -0.1) is 0 Å². The smallest absolute Gasteiger partial charge is 0.200 e. The topological polar surface area (TPSA) is 33.6 Å². The Morgan fingerprint density at radius 1 is 1.15 bits per heavy atom. The van der Waals surface area contributed by atoms with Gasteiger partial charge < -0.3 is 0 Å². The van der Waals surface area contributed by atoms with Crippen LogP contribution in [0.4, 0.5) is 0 Å². The van der Waals surface area contributed by atoms with E-state index in [2.05, 4.69) is 10.2 Å². The number of aromatic nitrogens is 3. The van der Waals surface area contributed by atoms with E-state index in [1.54, 1.807) is 0 Å². The predicted octanol–water partition coefficient (Wildman–Crippen LogP) is 4.56. The second-order valence-electron chi connectivity index (χ2n) is 4.51. The van der Waals surface area contributed by atoms with Crippen molar-refractivity contribution in [2.75, 3.05) is 0 Å². The fraction of sp³-hybridized carbons (Fsp3) is 0.0667. The molecule has 0 amide bonds. The summed E-state index contributed by atoms with van der Waals surface area (Å²) >= 11 is 11.7. The van der Waals surface area contributed by atoms with E-state index in [9.17, 15) is 0 Å². The summed E-state index contributed by atoms with van der Waals surface area (Å²) in [4.78, 5) is 0. The van der Waals surface area contributed by atoms with E-state index in [1.165, 1.54) is 0 Å². The first-order chi connectivity index (χ1) is 9.66. The van der Waals surface area contributed by atoms with Gasteiger partial charge in [0.25, 0.3) is 0 Å². The zero-order chi connectivity index (χ0) is 14.1. The standard InChI is InChI=1S/C15H12ClN3S/c1-10-7-8-12(13(16)9-10)14-17-18-15(20)19(14)11-5-3-2-4-6-11/h2-9H,1H3,(H,18,20). The van der Waals surface area contributed by atoms with Crippen LogP contribution in [-0.4, -0.2) is 14.8 Å². The maximum absolute atomic E-state index is 6.33. The van der Waals surface area contributed by atoms with Crippen LogP contribution in [-0.2, 0) is 0 Å². The highest BCUT2D eigenvalue weighted by molar-refractivity contribution is 7.71. The number of aromatic amines is 1. The summed E-state index contributed by atoms with van der Waals surface area (Å²) in [6.45, 7) is 2.00. The summed E-state index contributed by atoms with van der Waals surface area (Å²) in [7, 11) is 0. The number of benzene rings is 2. The number of nitrogens with zero attached hydrogens (tertiary/aromatic N) is 2. The summed E-state index contributed by atoms with van der Waals surface area (Å²) in [5.41, 5.74) is 2.92. The van der Waals surface area contributed by atoms with E-state index in [0.717, 1.165) is 16.8 Å². The second kappa shape index (κ2) is 5.23. The highest BCUT2D eigenvalue weighted by Gasteiger charge is 2.13. The lowest BCUT2D eigenvalue weighted by Crippen LogP contribution is -1.98. The van der Waals surface area contributed by atoms with Crippen molar-refractivity contribution in [2.45, 2.75) is 6.92 Å². The molecule has 1 heterocycles. The number of H-pyrrole nitrogens is 1. The molecule has 1 aromatic heterocycles. The third-order valence-electron chi connectivity index (χ3n) is 3.05. The SMILES string of the molecule is Cc1ccc(-c2n[nH]c(=S)n2-c2ccccc2)c(Cl)c1. The van der Waals surface area contributed by atoms with Crippen LogP contribution in [0, 0.1) is 11.7 Å². The van der Waals surface area contributed by atoms with Crippen LogP contribution in [0.3, 0.4) is 0 Å². The molecule has 0 radical (unpaired) electrons. The van der Waals surface area contributed by atoms with E-state index in [0.29, 0.717) is 15.6 Å². The van der Waals surface area contributed by atoms with Gasteiger partial charge in [-0.05, 0) is 49.0 Å². The highest BCUT2D eigenvalue weighted by atomic mass is 35.5. The van der Waals surface area contributed by atoms with Crippen molar-refractivity contribution in [1.29, 1.82) is 0 Å². The van der Waals surface area contributed by atoms with Gasteiger partial charge in [-0.2, -0.15) is 5.10 Å². The summed E-state index contributed by atoms with van der Waals surface area (Å²) in [6, 6.07) is 15.7. The average Bonchev–Trinajstić information content (AvgIpc) is 2.81. The van der Waals surface area contributed by atoms with Gasteiger partial charge in [0.15, 0.2) is 10.6 Å². The molecule has 0 bridgehead atoms. The highest BCUT2D eigenvalue weighted by Crippen LogP contribution is 2.29. The van der Waals surface area contributed by atoms with Crippen molar-refractivity contribution in [3.63, 3.8) is 0 Å². The fourth-order valence-electron chi connectivity index (χ4n) is 2.10. The Morgan fingerprint density at radius 2 is 1.90 bits per heavy atom. The van der Waals surface area contributed by atoms with Gasteiger partial charge in [0, 0.05) is 11.3 Å². The molecule has 0 saturated heterocycles. The van der Waals surface area contributed by atoms with Gasteiger partial charge in [0.05, 0.1) is 5.02 Å². The van der Waals surface area contributed by atoms with Crippen LogP contribution >= 0.6 is 23.8 Å². The van der Waals surface area contributed by atoms with Crippen molar-refractivity contribution in [1.82, 2.24) is 14.8 Å². The summed E-state index contributed by atoms with van der Waals surface area (Å²) in [5, 5.41) is 7.81. The number of para-hydroxylation sites is 1. The first kappa shape index (κ1) is 13.1. The Labute approximate surface area is 126 Å². The molecule has 1 N–H and O–H groups in total. The van der Waals surface area contributed by atoms with Crippen molar-refractivity contribution in [2.24, 2.45) is 0 Å². The monoisotopic (exact) mass is 301 g/mol. The number of hydrogen-bond donors (Lipinski definition) is 1. The molecule has 0 atom stereocenters. The van der Waals surface area contributed by atoms with E-state index < -0.39 is 0 Å². The van der Waals surface area contributed by atoms with Crippen LogP contribution in [0.5, 0.6) is 0 Å². The quantitative estimate of drug-likeness (QED) is 0.704. The Bertz CT molecular complexity index is 805. The molecule has 0 saturated carbocycles. The molecule has 0 unspecified atom stereocenters. The minimum atomic E-state index is 0.544. The molecule has 3 rings (SSSR count). The van der Waals surface area contributed by atoms with E-state index in [4.69, 9.17) is 23.8 Å². The molecule has 3 aromatic rings. The molecular weight excluding hydrogens is 290 g/mol. The third-order valence-corrected chi connectivity index (χ3v) is 3.64. The summed E-state index contributed by atoms with van der Waals surface area (Å²) < 4.78 is 2.43. The van der Waals surface area contributed by atoms with Crippen LogP contribution in [0.2, 0.25) is 5.02 Å². The lowest BCUT2D eigenvalue weighted by Gasteiger charge is -2.08. The second-order valence-corrected chi connectivity index (χ2v) is 5.30. The lowest BCUT2D eigenvalue weighted by atomic mass is 10.1. The number of aryl methyl sites for hydroxylation is 1. The molecule has 0 fully saturated rings. The van der Waals surface area contributed by atoms with Crippen LogP contribution < -0.4 is 0 Å². The van der Waals surface area contributed by atoms with Crippen molar-refractivity contribution < 1.29 is 0 Å². The zero-order valence-corrected chi connectivity index (χ0v) is 12.4. The molecule has 3 nitrogen and oxygen atoms in total. The predicted molar refractivity (Wildman–Crippen MR) is 83.9 cm³/mol. The normalized spacial score (nSPS) is 10.7. The van der Waals surface area contributed by atoms with Crippen molar-refractivity contribution in [3.8, 4) is 17.1 Å². The molecule has 5 heteroatoms. The van der Waals surface area contributed by atoms with Crippen LogP contribution in [0.1, 0.15) is 5.56 Å². The summed E-state index contributed by atoms with van der Waals surface area (Å²) in [6.07, 6.45) is 0. The summed E-state index contributed by atoms with van der Waals surface area (Å²) in [5.74, 6) is 0.714. The van der Waals surface area contributed by atoms with Gasteiger partial charge in [-0.1, -0.05) is 35.9 Å². The molecule has 0 aliphatic carbocycles. The molecule has 0 aliphatic rings. The molecule has 100 valence electrons. The number of halogens is 1. The van der Waals surface area contributed by atoms with Gasteiger partial charge in [0.1, 0.15) is 0 Å². The maximum Gasteiger partial charge on any atom is 0.200 e. The first-order valence-electron chi connectivity index (χ1n) is 6.16. The first-order valence-corrected chi connectivity index (χ1v) is 6.95. The van der Waals surface area contributed by atoms with Crippen LogP contribution in [0.25, 0.3) is 17.1 Å². The van der Waals surface area contributed by atoms with Crippen molar-refractivity contribution >= 4 is 23.8 Å². The van der Waals surface area contributed by atoms with Gasteiger partial charge in [0.2, 0.25) is 0 Å². The zero-order valence-electron chi connectivity index (χ0n) is 10.8. The minimum absolute atomic E-state index is 0.544. The Hall–Kier alpha value is -1.91.